The van der Waals surface area contributed by atoms with Gasteiger partial charge in [-0.25, -0.2) is 0 Å². The summed E-state index contributed by atoms with van der Waals surface area (Å²) in [6.07, 6.45) is 2.31. The average molecular weight is 313 g/mol. The van der Waals surface area contributed by atoms with Crippen molar-refractivity contribution in [3.05, 3.63) is 53.5 Å². The van der Waals surface area contributed by atoms with Crippen molar-refractivity contribution in [1.82, 2.24) is 5.32 Å². The molecule has 0 spiro atoms. The smallest absolute Gasteiger partial charge is 0.220 e. The lowest BCUT2D eigenvalue weighted by Crippen LogP contribution is -2.22. The van der Waals surface area contributed by atoms with Crippen molar-refractivity contribution in [3.63, 3.8) is 0 Å². The van der Waals surface area contributed by atoms with E-state index in [0.717, 1.165) is 28.8 Å². The molecule has 0 saturated heterocycles. The number of methoxy groups -OCH3 is 1. The molecule has 1 aromatic carbocycles. The Kier molecular flexibility index (Phi) is 4.70. The van der Waals surface area contributed by atoms with Gasteiger partial charge in [0, 0.05) is 25.3 Å². The van der Waals surface area contributed by atoms with E-state index in [1.54, 1.807) is 7.11 Å². The minimum Gasteiger partial charge on any atom is -0.497 e. The van der Waals surface area contributed by atoms with Crippen LogP contribution in [0.4, 0.5) is 0 Å². The van der Waals surface area contributed by atoms with Crippen LogP contribution < -0.4 is 10.1 Å². The first-order valence-corrected chi connectivity index (χ1v) is 8.14. The number of hydrogen-bond acceptors (Lipinski definition) is 3. The molecule has 23 heavy (non-hydrogen) atoms. The van der Waals surface area contributed by atoms with Crippen LogP contribution in [0, 0.1) is 5.92 Å². The standard InChI is InChI=1S/C19H23NO3/c1-13-11-17(13)18-9-7-16(23-18)8-10-19(21)20-12-14-3-5-15(22-2)6-4-14/h3-7,9,13,17H,8,10-12H2,1-2H3,(H,20,21)/t13-,17-/m1/s1. The van der Waals surface area contributed by atoms with Gasteiger partial charge in [-0.05, 0) is 42.2 Å². The van der Waals surface area contributed by atoms with Crippen molar-refractivity contribution in [2.45, 2.75) is 38.6 Å². The van der Waals surface area contributed by atoms with Crippen LogP contribution in [0.1, 0.15) is 42.8 Å². The van der Waals surface area contributed by atoms with Crippen molar-refractivity contribution in [3.8, 4) is 5.75 Å². The predicted octanol–water partition coefficient (Wildman–Crippen LogP) is 3.66. The molecule has 1 N–H and O–H groups in total. The predicted molar refractivity (Wildman–Crippen MR) is 88.4 cm³/mol. The number of aryl methyl sites for hydroxylation is 1. The Morgan fingerprint density at radius 1 is 1.26 bits per heavy atom. The molecule has 122 valence electrons. The normalized spacial score (nSPS) is 19.4. The van der Waals surface area contributed by atoms with Crippen molar-refractivity contribution >= 4 is 5.91 Å². The molecule has 0 unspecified atom stereocenters. The summed E-state index contributed by atoms with van der Waals surface area (Å²) < 4.78 is 10.9. The molecule has 1 aliphatic carbocycles. The maximum absolute atomic E-state index is 11.9. The lowest BCUT2D eigenvalue weighted by atomic mass is 10.2. The first kappa shape index (κ1) is 15.7. The molecule has 1 aromatic heterocycles. The summed E-state index contributed by atoms with van der Waals surface area (Å²) in [5.41, 5.74) is 1.06. The van der Waals surface area contributed by atoms with Crippen LogP contribution in [-0.2, 0) is 17.8 Å². The van der Waals surface area contributed by atoms with E-state index in [-0.39, 0.29) is 5.91 Å². The van der Waals surface area contributed by atoms with Gasteiger partial charge in [0.2, 0.25) is 5.91 Å². The molecule has 2 atom stereocenters. The second-order valence-electron chi connectivity index (χ2n) is 6.25. The van der Waals surface area contributed by atoms with Crippen LogP contribution in [0.2, 0.25) is 0 Å². The van der Waals surface area contributed by atoms with Gasteiger partial charge in [0.1, 0.15) is 17.3 Å². The van der Waals surface area contributed by atoms with E-state index in [2.05, 4.69) is 18.3 Å². The zero-order valence-corrected chi connectivity index (χ0v) is 13.7. The minimum atomic E-state index is 0.0403. The van der Waals surface area contributed by atoms with Crippen LogP contribution in [0.25, 0.3) is 0 Å². The molecular weight excluding hydrogens is 290 g/mol. The third kappa shape index (κ3) is 4.15. The molecule has 1 amide bonds. The van der Waals surface area contributed by atoms with Crippen LogP contribution in [0.3, 0.4) is 0 Å². The SMILES string of the molecule is COc1ccc(CNC(=O)CCc2ccc([C@@H]3C[C@H]3C)o2)cc1. The Hall–Kier alpha value is -2.23. The summed E-state index contributed by atoms with van der Waals surface area (Å²) in [7, 11) is 1.64. The first-order valence-electron chi connectivity index (χ1n) is 8.14. The Morgan fingerprint density at radius 3 is 2.65 bits per heavy atom. The summed E-state index contributed by atoms with van der Waals surface area (Å²) in [5, 5.41) is 2.93. The Morgan fingerprint density at radius 2 is 2.00 bits per heavy atom. The highest BCUT2D eigenvalue weighted by Crippen LogP contribution is 2.47. The maximum Gasteiger partial charge on any atom is 0.220 e. The van der Waals surface area contributed by atoms with Gasteiger partial charge in [0.05, 0.1) is 7.11 Å². The molecule has 3 rings (SSSR count). The van der Waals surface area contributed by atoms with Gasteiger partial charge in [-0.15, -0.1) is 0 Å². The number of ether oxygens (including phenoxy) is 1. The second kappa shape index (κ2) is 6.90. The molecule has 1 aliphatic rings. The average Bonchev–Trinajstić information content (AvgIpc) is 3.12. The zero-order chi connectivity index (χ0) is 16.2. The summed E-state index contributed by atoms with van der Waals surface area (Å²) in [4.78, 5) is 11.9. The summed E-state index contributed by atoms with van der Waals surface area (Å²) >= 11 is 0. The highest BCUT2D eigenvalue weighted by Gasteiger charge is 2.36. The number of carbonyl (C=O) groups excluding carboxylic acids is 1. The Bertz CT molecular complexity index is 660. The first-order chi connectivity index (χ1) is 11.2. The monoisotopic (exact) mass is 313 g/mol. The highest BCUT2D eigenvalue weighted by atomic mass is 16.5. The van der Waals surface area contributed by atoms with Crippen LogP contribution in [-0.4, -0.2) is 13.0 Å². The molecule has 0 bridgehead atoms. The number of furan rings is 1. The molecular formula is C19H23NO3. The fourth-order valence-corrected chi connectivity index (χ4v) is 2.72. The number of rotatable bonds is 7. The second-order valence-corrected chi connectivity index (χ2v) is 6.25. The summed E-state index contributed by atoms with van der Waals surface area (Å²) in [6, 6.07) is 11.7. The summed E-state index contributed by atoms with van der Waals surface area (Å²) in [5.74, 6) is 4.16. The van der Waals surface area contributed by atoms with Crippen LogP contribution >= 0.6 is 0 Å². The topological polar surface area (TPSA) is 51.5 Å². The van der Waals surface area contributed by atoms with Crippen LogP contribution in [0.5, 0.6) is 5.75 Å². The van der Waals surface area contributed by atoms with Gasteiger partial charge in [-0.3, -0.25) is 4.79 Å². The van der Waals surface area contributed by atoms with E-state index in [4.69, 9.17) is 9.15 Å². The quantitative estimate of drug-likeness (QED) is 0.848. The van der Waals surface area contributed by atoms with E-state index in [1.807, 2.05) is 30.3 Å². The molecule has 0 radical (unpaired) electrons. The van der Waals surface area contributed by atoms with Crippen molar-refractivity contribution in [2.24, 2.45) is 5.92 Å². The van der Waals surface area contributed by atoms with E-state index in [9.17, 15) is 4.79 Å². The number of hydrogen-bond donors (Lipinski definition) is 1. The van der Waals surface area contributed by atoms with Crippen molar-refractivity contribution in [1.29, 1.82) is 0 Å². The molecule has 4 heteroatoms. The Labute approximate surface area is 136 Å². The lowest BCUT2D eigenvalue weighted by molar-refractivity contribution is -0.121. The minimum absolute atomic E-state index is 0.0403. The van der Waals surface area contributed by atoms with Gasteiger partial charge in [0.25, 0.3) is 0 Å². The maximum atomic E-state index is 11.9. The number of carbonyl (C=O) groups is 1. The van der Waals surface area contributed by atoms with Gasteiger partial charge in [0.15, 0.2) is 0 Å². The van der Waals surface area contributed by atoms with E-state index in [0.29, 0.717) is 25.3 Å². The van der Waals surface area contributed by atoms with Gasteiger partial charge in [-0.2, -0.15) is 0 Å². The van der Waals surface area contributed by atoms with E-state index in [1.165, 1.54) is 6.42 Å². The lowest BCUT2D eigenvalue weighted by Gasteiger charge is -2.06. The fourth-order valence-electron chi connectivity index (χ4n) is 2.72. The molecule has 2 aromatic rings. The van der Waals surface area contributed by atoms with Gasteiger partial charge < -0.3 is 14.5 Å². The van der Waals surface area contributed by atoms with E-state index < -0.39 is 0 Å². The molecule has 4 nitrogen and oxygen atoms in total. The fraction of sp³-hybridized carbons (Fsp3) is 0.421. The summed E-state index contributed by atoms with van der Waals surface area (Å²) in [6.45, 7) is 2.77. The van der Waals surface area contributed by atoms with E-state index >= 15 is 0 Å². The third-order valence-electron chi connectivity index (χ3n) is 4.40. The van der Waals surface area contributed by atoms with Gasteiger partial charge in [-0.1, -0.05) is 19.1 Å². The zero-order valence-electron chi connectivity index (χ0n) is 13.7. The van der Waals surface area contributed by atoms with Crippen molar-refractivity contribution in [2.75, 3.05) is 7.11 Å². The molecule has 1 fully saturated rings. The Balaban J connectivity index is 1.41. The molecule has 1 heterocycles. The van der Waals surface area contributed by atoms with Crippen LogP contribution in [0.15, 0.2) is 40.8 Å². The molecule has 0 aliphatic heterocycles. The largest absolute Gasteiger partial charge is 0.497 e. The number of benzene rings is 1. The third-order valence-corrected chi connectivity index (χ3v) is 4.40. The highest BCUT2D eigenvalue weighted by molar-refractivity contribution is 5.76. The number of nitrogens with one attached hydrogen (secondary N) is 1. The molecule has 1 saturated carbocycles. The number of amides is 1. The van der Waals surface area contributed by atoms with Gasteiger partial charge >= 0.3 is 0 Å². The van der Waals surface area contributed by atoms with Crippen molar-refractivity contribution < 1.29 is 13.9 Å².